The highest BCUT2D eigenvalue weighted by Crippen LogP contribution is 2.12. The minimum atomic E-state index is -0.559. The van der Waals surface area contributed by atoms with Gasteiger partial charge in [0.25, 0.3) is 5.56 Å². The average molecular weight is 420 g/mol. The van der Waals surface area contributed by atoms with Gasteiger partial charge in [-0.05, 0) is 47.7 Å². The summed E-state index contributed by atoms with van der Waals surface area (Å²) in [6.07, 6.45) is 2.41. The van der Waals surface area contributed by atoms with Crippen LogP contribution in [-0.4, -0.2) is 20.0 Å². The Morgan fingerprint density at radius 3 is 2.57 bits per heavy atom. The van der Waals surface area contributed by atoms with Crippen molar-refractivity contribution >= 4 is 34.0 Å². The first-order chi connectivity index (χ1) is 14.6. The van der Waals surface area contributed by atoms with Gasteiger partial charge in [-0.2, -0.15) is 0 Å². The number of hydrogen-bond donors (Lipinski definition) is 1. The van der Waals surface area contributed by atoms with Crippen LogP contribution < -0.4 is 16.6 Å². The summed E-state index contributed by atoms with van der Waals surface area (Å²) < 4.78 is 2.40. The van der Waals surface area contributed by atoms with Gasteiger partial charge in [-0.1, -0.05) is 25.1 Å². The number of hydrogen-bond acceptors (Lipinski definition) is 5. The Morgan fingerprint density at radius 2 is 1.87 bits per heavy atom. The van der Waals surface area contributed by atoms with E-state index in [2.05, 4.69) is 17.2 Å². The number of aromatic nitrogens is 3. The van der Waals surface area contributed by atoms with Crippen LogP contribution in [0.25, 0.3) is 11.0 Å². The summed E-state index contributed by atoms with van der Waals surface area (Å²) in [6, 6.07) is 14.5. The van der Waals surface area contributed by atoms with Gasteiger partial charge in [-0.15, -0.1) is 11.3 Å². The number of fused-ring (bicyclic) bond motifs is 1. The minimum absolute atomic E-state index is 0.153. The third kappa shape index (κ3) is 3.95. The van der Waals surface area contributed by atoms with Gasteiger partial charge in [-0.3, -0.25) is 18.7 Å². The Balaban J connectivity index is 1.71. The largest absolute Gasteiger partial charge is 0.333 e. The number of amides is 1. The molecule has 0 saturated heterocycles. The number of benzene rings is 1. The molecule has 7 nitrogen and oxygen atoms in total. The number of nitrogens with zero attached hydrogens (tertiary/aromatic N) is 3. The molecule has 3 heterocycles. The molecular weight excluding hydrogens is 400 g/mol. The lowest BCUT2D eigenvalue weighted by molar-refractivity contribution is -0.116. The van der Waals surface area contributed by atoms with Crippen molar-refractivity contribution in [2.75, 3.05) is 5.32 Å². The van der Waals surface area contributed by atoms with E-state index in [0.717, 1.165) is 15.9 Å². The molecule has 0 aliphatic heterocycles. The molecule has 0 aliphatic rings. The highest BCUT2D eigenvalue weighted by molar-refractivity contribution is 7.09. The Kier molecular flexibility index (Phi) is 5.58. The first-order valence-corrected chi connectivity index (χ1v) is 10.4. The molecule has 3 aromatic heterocycles. The summed E-state index contributed by atoms with van der Waals surface area (Å²) in [4.78, 5) is 43.7. The highest BCUT2D eigenvalue weighted by atomic mass is 32.1. The number of aryl methyl sites for hydroxylation is 1. The fraction of sp³-hybridized carbons (Fsp3) is 0.182. The van der Waals surface area contributed by atoms with Crippen molar-refractivity contribution in [3.05, 3.63) is 91.4 Å². The summed E-state index contributed by atoms with van der Waals surface area (Å²) in [5.41, 5.74) is 1.04. The normalized spacial score (nSPS) is 11.0. The van der Waals surface area contributed by atoms with Crippen molar-refractivity contribution in [3.63, 3.8) is 0 Å². The fourth-order valence-electron chi connectivity index (χ4n) is 3.26. The molecule has 0 atom stereocenters. The molecule has 4 aromatic rings. The minimum Gasteiger partial charge on any atom is -0.325 e. The lowest BCUT2D eigenvalue weighted by Gasteiger charge is -2.13. The van der Waals surface area contributed by atoms with Crippen LogP contribution in [-0.2, 0) is 24.3 Å². The maximum absolute atomic E-state index is 13.1. The summed E-state index contributed by atoms with van der Waals surface area (Å²) >= 11 is 1.46. The highest BCUT2D eigenvalue weighted by Gasteiger charge is 2.17. The van der Waals surface area contributed by atoms with Crippen molar-refractivity contribution in [1.29, 1.82) is 0 Å². The molecule has 0 bridgehead atoms. The molecule has 4 rings (SSSR count). The average Bonchev–Trinajstić information content (AvgIpc) is 3.28. The van der Waals surface area contributed by atoms with Gasteiger partial charge in [0, 0.05) is 16.8 Å². The maximum Gasteiger partial charge on any atom is 0.333 e. The summed E-state index contributed by atoms with van der Waals surface area (Å²) in [7, 11) is 0. The first kappa shape index (κ1) is 19.8. The van der Waals surface area contributed by atoms with Gasteiger partial charge < -0.3 is 5.32 Å². The predicted molar refractivity (Wildman–Crippen MR) is 118 cm³/mol. The van der Waals surface area contributed by atoms with Gasteiger partial charge in [0.2, 0.25) is 5.91 Å². The van der Waals surface area contributed by atoms with Gasteiger partial charge in [-0.25, -0.2) is 9.78 Å². The topological polar surface area (TPSA) is 86.0 Å². The van der Waals surface area contributed by atoms with Gasteiger partial charge >= 0.3 is 5.69 Å². The molecule has 1 N–H and O–H groups in total. The predicted octanol–water partition coefficient (Wildman–Crippen LogP) is 2.87. The second-order valence-electron chi connectivity index (χ2n) is 6.81. The molecule has 0 saturated carbocycles. The second kappa shape index (κ2) is 8.46. The number of anilines is 1. The number of nitrogens with one attached hydrogen (secondary N) is 1. The zero-order valence-corrected chi connectivity index (χ0v) is 17.2. The lowest BCUT2D eigenvalue weighted by Crippen LogP contribution is -2.42. The van der Waals surface area contributed by atoms with Crippen molar-refractivity contribution in [2.24, 2.45) is 0 Å². The molecule has 0 fully saturated rings. The number of carbonyl (C=O) groups is 1. The van der Waals surface area contributed by atoms with Crippen LogP contribution in [0.15, 0.2) is 69.7 Å². The number of carbonyl (C=O) groups excluding carboxylic acids is 1. The van der Waals surface area contributed by atoms with Crippen LogP contribution in [0.3, 0.4) is 0 Å². The lowest BCUT2D eigenvalue weighted by atomic mass is 10.1. The van der Waals surface area contributed by atoms with Crippen LogP contribution in [0.2, 0.25) is 0 Å². The zero-order valence-electron chi connectivity index (χ0n) is 16.4. The van der Waals surface area contributed by atoms with E-state index in [0.29, 0.717) is 11.1 Å². The third-order valence-corrected chi connectivity index (χ3v) is 5.68. The molecule has 0 radical (unpaired) electrons. The Hall–Kier alpha value is -3.52. The van der Waals surface area contributed by atoms with Gasteiger partial charge in [0.05, 0.1) is 11.9 Å². The number of pyridine rings is 1. The van der Waals surface area contributed by atoms with Crippen molar-refractivity contribution in [3.8, 4) is 0 Å². The molecule has 0 spiro atoms. The zero-order chi connectivity index (χ0) is 21.1. The van der Waals surface area contributed by atoms with Crippen molar-refractivity contribution in [1.82, 2.24) is 14.1 Å². The number of rotatable bonds is 6. The summed E-state index contributed by atoms with van der Waals surface area (Å²) in [6.45, 7) is 1.97. The van der Waals surface area contributed by atoms with Crippen molar-refractivity contribution in [2.45, 2.75) is 26.4 Å². The smallest absolute Gasteiger partial charge is 0.325 e. The second-order valence-corrected chi connectivity index (χ2v) is 7.84. The Bertz CT molecular complexity index is 1310. The van der Waals surface area contributed by atoms with E-state index in [1.807, 2.05) is 41.8 Å². The maximum atomic E-state index is 13.1. The van der Waals surface area contributed by atoms with Crippen LogP contribution in [0.4, 0.5) is 5.69 Å². The van der Waals surface area contributed by atoms with E-state index in [1.54, 1.807) is 12.1 Å². The van der Waals surface area contributed by atoms with Gasteiger partial charge in [0.1, 0.15) is 12.2 Å². The SMILES string of the molecule is CCc1ccc(NC(=O)Cn2c(=O)n(Cc3cccs3)c(=O)c3cccnc32)cc1. The Morgan fingerprint density at radius 1 is 1.07 bits per heavy atom. The van der Waals surface area contributed by atoms with Crippen LogP contribution in [0, 0.1) is 0 Å². The molecule has 0 aliphatic carbocycles. The summed E-state index contributed by atoms with van der Waals surface area (Å²) in [5, 5.41) is 4.99. The summed E-state index contributed by atoms with van der Waals surface area (Å²) in [5.74, 6) is -0.366. The van der Waals surface area contributed by atoms with E-state index >= 15 is 0 Å². The molecule has 30 heavy (non-hydrogen) atoms. The third-order valence-electron chi connectivity index (χ3n) is 4.82. The van der Waals surface area contributed by atoms with Crippen LogP contribution in [0.1, 0.15) is 17.4 Å². The monoisotopic (exact) mass is 420 g/mol. The van der Waals surface area contributed by atoms with E-state index in [9.17, 15) is 14.4 Å². The first-order valence-electron chi connectivity index (χ1n) is 9.56. The molecular formula is C22H20N4O3S. The van der Waals surface area contributed by atoms with E-state index in [4.69, 9.17) is 0 Å². The molecule has 1 aromatic carbocycles. The number of thiophene rings is 1. The standard InChI is InChI=1S/C22H20N4O3S/c1-2-15-7-9-16(10-8-15)24-19(27)14-25-20-18(6-3-11-23-20)21(28)26(22(25)29)13-17-5-4-12-30-17/h3-12H,2,13-14H2,1H3,(H,24,27). The fourth-order valence-corrected chi connectivity index (χ4v) is 3.95. The van der Waals surface area contributed by atoms with Crippen LogP contribution in [0.5, 0.6) is 0 Å². The quantitative estimate of drug-likeness (QED) is 0.520. The molecule has 152 valence electrons. The van der Waals surface area contributed by atoms with Crippen LogP contribution >= 0.6 is 11.3 Å². The van der Waals surface area contributed by atoms with E-state index in [1.165, 1.54) is 27.7 Å². The molecule has 0 unspecified atom stereocenters. The Labute approximate surface area is 176 Å². The van der Waals surface area contributed by atoms with E-state index in [-0.39, 0.29) is 24.6 Å². The molecule has 1 amide bonds. The van der Waals surface area contributed by atoms with E-state index < -0.39 is 11.2 Å². The van der Waals surface area contributed by atoms with Crippen molar-refractivity contribution < 1.29 is 4.79 Å². The van der Waals surface area contributed by atoms with Gasteiger partial charge in [0.15, 0.2) is 0 Å². The molecule has 8 heteroatoms.